The van der Waals surface area contributed by atoms with Crippen LogP contribution in [0.4, 0.5) is 4.79 Å². The number of carbonyl (C=O) groups is 3. The van der Waals surface area contributed by atoms with Gasteiger partial charge in [-0.2, -0.15) is 0 Å². The molecule has 1 aliphatic carbocycles. The van der Waals surface area contributed by atoms with Crippen LogP contribution >= 0.6 is 0 Å². The number of carboxylic acid groups (broad SMARTS) is 1. The molecule has 1 aromatic rings. The Morgan fingerprint density at radius 2 is 1.85 bits per heavy atom. The summed E-state index contributed by atoms with van der Waals surface area (Å²) in [6.45, 7) is 4.09. The summed E-state index contributed by atoms with van der Waals surface area (Å²) in [5.41, 5.74) is 0.971. The summed E-state index contributed by atoms with van der Waals surface area (Å²) in [6.07, 6.45) is 1.65. The molecule has 7 nitrogen and oxygen atoms in total. The number of aliphatic carboxylic acids is 1. The Kier molecular flexibility index (Phi) is 7.00. The van der Waals surface area contributed by atoms with E-state index < -0.39 is 24.0 Å². The molecule has 26 heavy (non-hydrogen) atoms. The van der Waals surface area contributed by atoms with Crippen molar-refractivity contribution >= 4 is 17.9 Å². The summed E-state index contributed by atoms with van der Waals surface area (Å²) in [7, 11) is 0. The largest absolute Gasteiger partial charge is 0.481 e. The Balaban J connectivity index is 1.84. The van der Waals surface area contributed by atoms with Crippen molar-refractivity contribution in [2.75, 3.05) is 0 Å². The van der Waals surface area contributed by atoms with Crippen molar-refractivity contribution in [1.82, 2.24) is 16.0 Å². The van der Waals surface area contributed by atoms with E-state index in [1.54, 1.807) is 0 Å². The SMILES string of the molecule is CC(C)C(NC(=O)NCc1ccccc1)C(=O)N[C@@H]1CC[C@H](C(=O)O)C1. The first kappa shape index (κ1) is 19.8. The summed E-state index contributed by atoms with van der Waals surface area (Å²) < 4.78 is 0. The molecule has 0 spiro atoms. The van der Waals surface area contributed by atoms with E-state index in [9.17, 15) is 14.4 Å². The first-order chi connectivity index (χ1) is 12.4. The molecule has 0 saturated heterocycles. The van der Waals surface area contributed by atoms with Crippen LogP contribution in [-0.4, -0.2) is 35.1 Å². The quantitative estimate of drug-likeness (QED) is 0.595. The van der Waals surface area contributed by atoms with Crippen molar-refractivity contribution in [3.8, 4) is 0 Å². The second-order valence-corrected chi connectivity index (χ2v) is 7.09. The van der Waals surface area contributed by atoms with E-state index in [1.807, 2.05) is 44.2 Å². The highest BCUT2D eigenvalue weighted by Gasteiger charge is 2.33. The van der Waals surface area contributed by atoms with Gasteiger partial charge in [0.25, 0.3) is 0 Å². The van der Waals surface area contributed by atoms with E-state index in [0.717, 1.165) is 5.56 Å². The topological polar surface area (TPSA) is 108 Å². The normalized spacial score (nSPS) is 20.4. The minimum atomic E-state index is -0.819. The number of amides is 3. The zero-order valence-electron chi connectivity index (χ0n) is 15.2. The monoisotopic (exact) mass is 361 g/mol. The Morgan fingerprint density at radius 3 is 2.42 bits per heavy atom. The fourth-order valence-corrected chi connectivity index (χ4v) is 3.13. The summed E-state index contributed by atoms with van der Waals surface area (Å²) >= 11 is 0. The molecule has 0 aromatic heterocycles. The maximum atomic E-state index is 12.5. The van der Waals surface area contributed by atoms with Gasteiger partial charge in [0.15, 0.2) is 0 Å². The number of hydrogen-bond acceptors (Lipinski definition) is 3. The van der Waals surface area contributed by atoms with Crippen molar-refractivity contribution in [3.05, 3.63) is 35.9 Å². The fraction of sp³-hybridized carbons (Fsp3) is 0.526. The second kappa shape index (κ2) is 9.22. The van der Waals surface area contributed by atoms with Gasteiger partial charge < -0.3 is 21.1 Å². The van der Waals surface area contributed by atoms with E-state index >= 15 is 0 Å². The Morgan fingerprint density at radius 1 is 1.15 bits per heavy atom. The Hall–Kier alpha value is -2.57. The van der Waals surface area contributed by atoms with Crippen molar-refractivity contribution in [2.24, 2.45) is 11.8 Å². The highest BCUT2D eigenvalue weighted by atomic mass is 16.4. The molecule has 1 aromatic carbocycles. The van der Waals surface area contributed by atoms with Gasteiger partial charge >= 0.3 is 12.0 Å². The van der Waals surface area contributed by atoms with Crippen LogP contribution in [0.25, 0.3) is 0 Å². The van der Waals surface area contributed by atoms with Crippen molar-refractivity contribution in [3.63, 3.8) is 0 Å². The molecule has 1 aliphatic rings. The van der Waals surface area contributed by atoms with Gasteiger partial charge in [0.2, 0.25) is 5.91 Å². The summed E-state index contributed by atoms with van der Waals surface area (Å²) in [6, 6.07) is 8.28. The van der Waals surface area contributed by atoms with Crippen molar-refractivity contribution in [2.45, 2.75) is 51.7 Å². The van der Waals surface area contributed by atoms with Crippen LogP contribution in [0.15, 0.2) is 30.3 Å². The van der Waals surface area contributed by atoms with Gasteiger partial charge in [0.1, 0.15) is 6.04 Å². The van der Waals surface area contributed by atoms with Crippen LogP contribution in [0.5, 0.6) is 0 Å². The molecular weight excluding hydrogens is 334 g/mol. The minimum absolute atomic E-state index is 0.0888. The lowest BCUT2D eigenvalue weighted by Gasteiger charge is -2.24. The molecule has 142 valence electrons. The molecule has 1 saturated carbocycles. The lowest BCUT2D eigenvalue weighted by molar-refractivity contribution is -0.141. The number of rotatable bonds is 7. The molecule has 1 fully saturated rings. The average molecular weight is 361 g/mol. The van der Waals surface area contributed by atoms with Crippen LogP contribution < -0.4 is 16.0 Å². The van der Waals surface area contributed by atoms with Gasteiger partial charge in [-0.25, -0.2) is 4.79 Å². The molecule has 2 rings (SSSR count). The van der Waals surface area contributed by atoms with Crippen LogP contribution in [0.2, 0.25) is 0 Å². The third-order valence-corrected chi connectivity index (χ3v) is 4.66. The number of carbonyl (C=O) groups excluding carboxylic acids is 2. The van der Waals surface area contributed by atoms with Crippen LogP contribution in [0.3, 0.4) is 0 Å². The van der Waals surface area contributed by atoms with Gasteiger partial charge in [-0.15, -0.1) is 0 Å². The average Bonchev–Trinajstić information content (AvgIpc) is 3.07. The van der Waals surface area contributed by atoms with E-state index in [0.29, 0.717) is 25.8 Å². The molecule has 0 radical (unpaired) electrons. The van der Waals surface area contributed by atoms with Gasteiger partial charge in [-0.05, 0) is 30.7 Å². The first-order valence-corrected chi connectivity index (χ1v) is 8.98. The number of urea groups is 1. The van der Waals surface area contributed by atoms with E-state index in [2.05, 4.69) is 16.0 Å². The maximum absolute atomic E-state index is 12.5. The predicted molar refractivity (Wildman–Crippen MR) is 97.3 cm³/mol. The molecule has 7 heteroatoms. The molecule has 3 atom stereocenters. The molecule has 0 bridgehead atoms. The molecule has 3 amide bonds. The smallest absolute Gasteiger partial charge is 0.315 e. The number of carboxylic acids is 1. The summed E-state index contributed by atoms with van der Waals surface area (Å²) in [4.78, 5) is 35.7. The standard InChI is InChI=1S/C19H27N3O4/c1-12(2)16(17(23)21-15-9-8-14(10-15)18(24)25)22-19(26)20-11-13-6-4-3-5-7-13/h3-7,12,14-16H,8-11H2,1-2H3,(H,21,23)(H,24,25)(H2,20,22,26)/t14-,15+,16?/m0/s1. The molecule has 0 aliphatic heterocycles. The zero-order chi connectivity index (χ0) is 19.1. The lowest BCUT2D eigenvalue weighted by atomic mass is 10.0. The second-order valence-electron chi connectivity index (χ2n) is 7.09. The van der Waals surface area contributed by atoms with E-state index in [1.165, 1.54) is 0 Å². The van der Waals surface area contributed by atoms with Gasteiger partial charge in [0, 0.05) is 12.6 Å². The molecule has 0 heterocycles. The highest BCUT2D eigenvalue weighted by molar-refractivity contribution is 5.87. The van der Waals surface area contributed by atoms with Crippen molar-refractivity contribution in [1.29, 1.82) is 0 Å². The predicted octanol–water partition coefficient (Wildman–Crippen LogP) is 1.88. The fourth-order valence-electron chi connectivity index (χ4n) is 3.13. The third-order valence-electron chi connectivity index (χ3n) is 4.66. The third kappa shape index (κ3) is 5.75. The van der Waals surface area contributed by atoms with E-state index in [4.69, 9.17) is 5.11 Å². The van der Waals surface area contributed by atoms with Gasteiger partial charge in [0.05, 0.1) is 5.92 Å². The highest BCUT2D eigenvalue weighted by Crippen LogP contribution is 2.25. The van der Waals surface area contributed by atoms with Crippen LogP contribution in [0, 0.1) is 11.8 Å². The van der Waals surface area contributed by atoms with Crippen molar-refractivity contribution < 1.29 is 19.5 Å². The minimum Gasteiger partial charge on any atom is -0.481 e. The van der Waals surface area contributed by atoms with Gasteiger partial charge in [-0.3, -0.25) is 9.59 Å². The Labute approximate surface area is 153 Å². The number of nitrogens with one attached hydrogen (secondary N) is 3. The zero-order valence-corrected chi connectivity index (χ0v) is 15.2. The maximum Gasteiger partial charge on any atom is 0.315 e. The van der Waals surface area contributed by atoms with Gasteiger partial charge in [-0.1, -0.05) is 44.2 Å². The van der Waals surface area contributed by atoms with Crippen LogP contribution in [0.1, 0.15) is 38.7 Å². The number of benzene rings is 1. The van der Waals surface area contributed by atoms with E-state index in [-0.39, 0.29) is 17.9 Å². The first-order valence-electron chi connectivity index (χ1n) is 8.98. The molecule has 4 N–H and O–H groups in total. The lowest BCUT2D eigenvalue weighted by Crippen LogP contribution is -2.54. The molecule has 1 unspecified atom stereocenters. The molecular formula is C19H27N3O4. The summed E-state index contributed by atoms with van der Waals surface area (Å²) in [5, 5.41) is 17.4. The number of hydrogen-bond donors (Lipinski definition) is 4. The summed E-state index contributed by atoms with van der Waals surface area (Å²) in [5.74, 6) is -1.58. The Bertz CT molecular complexity index is 633. The van der Waals surface area contributed by atoms with Crippen LogP contribution in [-0.2, 0) is 16.1 Å².